The Morgan fingerprint density at radius 3 is 2.75 bits per heavy atom. The van der Waals surface area contributed by atoms with Crippen LogP contribution in [0.4, 0.5) is 0 Å². The van der Waals surface area contributed by atoms with Gasteiger partial charge in [0.15, 0.2) is 5.76 Å². The van der Waals surface area contributed by atoms with E-state index in [2.05, 4.69) is 9.97 Å². The van der Waals surface area contributed by atoms with Gasteiger partial charge in [0.25, 0.3) is 0 Å². The molecule has 1 aromatic carbocycles. The fourth-order valence-electron chi connectivity index (χ4n) is 1.58. The highest BCUT2D eigenvalue weighted by molar-refractivity contribution is 6.29. The Labute approximate surface area is 96.7 Å². The molecule has 3 aromatic rings. The number of hydrogen-bond donors (Lipinski definition) is 0. The van der Waals surface area contributed by atoms with Crippen LogP contribution in [0.15, 0.2) is 47.1 Å². The zero-order valence-electron chi connectivity index (χ0n) is 8.22. The van der Waals surface area contributed by atoms with Gasteiger partial charge in [-0.1, -0.05) is 29.8 Å². The number of para-hydroxylation sites is 1. The van der Waals surface area contributed by atoms with Gasteiger partial charge < -0.3 is 4.42 Å². The van der Waals surface area contributed by atoms with Gasteiger partial charge in [0, 0.05) is 11.5 Å². The van der Waals surface area contributed by atoms with Crippen LogP contribution >= 0.6 is 11.6 Å². The summed E-state index contributed by atoms with van der Waals surface area (Å²) >= 11 is 5.80. The van der Waals surface area contributed by atoms with Crippen molar-refractivity contribution in [1.82, 2.24) is 9.97 Å². The molecule has 0 radical (unpaired) electrons. The van der Waals surface area contributed by atoms with Gasteiger partial charge in [-0.3, -0.25) is 0 Å². The predicted molar refractivity (Wildman–Crippen MR) is 62.3 cm³/mol. The van der Waals surface area contributed by atoms with E-state index < -0.39 is 0 Å². The van der Waals surface area contributed by atoms with Crippen molar-refractivity contribution in [3.05, 3.63) is 47.9 Å². The maximum Gasteiger partial charge on any atom is 0.153 e. The molecule has 0 saturated carbocycles. The van der Waals surface area contributed by atoms with Gasteiger partial charge in [0.2, 0.25) is 0 Å². The topological polar surface area (TPSA) is 38.9 Å². The summed E-state index contributed by atoms with van der Waals surface area (Å²) < 4.78 is 5.66. The molecule has 78 valence electrons. The average molecular weight is 231 g/mol. The third-order valence-electron chi connectivity index (χ3n) is 2.31. The zero-order chi connectivity index (χ0) is 11.0. The first-order valence-electron chi connectivity index (χ1n) is 4.79. The summed E-state index contributed by atoms with van der Waals surface area (Å²) in [6.45, 7) is 0. The molecule has 0 N–H and O–H groups in total. The van der Waals surface area contributed by atoms with Crippen LogP contribution in [0, 0.1) is 0 Å². The number of nitrogens with zero attached hydrogens (tertiary/aromatic N) is 2. The minimum absolute atomic E-state index is 0.408. The van der Waals surface area contributed by atoms with Crippen LogP contribution < -0.4 is 0 Å². The first-order valence-corrected chi connectivity index (χ1v) is 5.17. The second kappa shape index (κ2) is 3.61. The number of rotatable bonds is 1. The monoisotopic (exact) mass is 230 g/mol. The molecule has 0 spiro atoms. The summed E-state index contributed by atoms with van der Waals surface area (Å²) in [5.41, 5.74) is 1.53. The summed E-state index contributed by atoms with van der Waals surface area (Å²) in [6, 6.07) is 11.4. The van der Waals surface area contributed by atoms with Gasteiger partial charge in [-0.2, -0.15) is 0 Å². The normalized spacial score (nSPS) is 10.8. The van der Waals surface area contributed by atoms with E-state index in [-0.39, 0.29) is 0 Å². The second-order valence-electron chi connectivity index (χ2n) is 3.37. The van der Waals surface area contributed by atoms with Gasteiger partial charge >= 0.3 is 0 Å². The Kier molecular flexibility index (Phi) is 2.11. The van der Waals surface area contributed by atoms with Crippen LogP contribution in [0.2, 0.25) is 5.15 Å². The molecule has 4 heteroatoms. The lowest BCUT2D eigenvalue weighted by Crippen LogP contribution is -1.82. The first kappa shape index (κ1) is 9.36. The zero-order valence-corrected chi connectivity index (χ0v) is 8.98. The van der Waals surface area contributed by atoms with Gasteiger partial charge in [0.1, 0.15) is 22.8 Å². The molecule has 0 aliphatic rings. The van der Waals surface area contributed by atoms with Crippen molar-refractivity contribution in [2.75, 3.05) is 0 Å². The van der Waals surface area contributed by atoms with Crippen molar-refractivity contribution in [3.63, 3.8) is 0 Å². The summed E-state index contributed by atoms with van der Waals surface area (Å²) in [6.07, 6.45) is 1.42. The van der Waals surface area contributed by atoms with Crippen molar-refractivity contribution in [1.29, 1.82) is 0 Å². The Hall–Kier alpha value is -1.87. The number of benzene rings is 1. The van der Waals surface area contributed by atoms with E-state index in [1.54, 1.807) is 6.07 Å². The molecule has 2 heterocycles. The molecule has 0 aliphatic carbocycles. The van der Waals surface area contributed by atoms with Crippen LogP contribution in [-0.2, 0) is 0 Å². The minimum Gasteiger partial charge on any atom is -0.454 e. The lowest BCUT2D eigenvalue weighted by Gasteiger charge is -1.94. The van der Waals surface area contributed by atoms with Crippen LogP contribution in [0.1, 0.15) is 0 Å². The first-order chi connectivity index (χ1) is 7.83. The molecular formula is C12H7ClN2O. The molecule has 16 heavy (non-hydrogen) atoms. The largest absolute Gasteiger partial charge is 0.454 e. The van der Waals surface area contributed by atoms with Crippen LogP contribution in [0.3, 0.4) is 0 Å². The summed E-state index contributed by atoms with van der Waals surface area (Å²) in [4.78, 5) is 7.95. The maximum atomic E-state index is 5.80. The van der Waals surface area contributed by atoms with E-state index in [0.29, 0.717) is 16.6 Å². The van der Waals surface area contributed by atoms with Crippen molar-refractivity contribution in [2.24, 2.45) is 0 Å². The molecule has 0 unspecified atom stereocenters. The van der Waals surface area contributed by atoms with E-state index in [9.17, 15) is 0 Å². The second-order valence-corrected chi connectivity index (χ2v) is 3.76. The average Bonchev–Trinajstić information content (AvgIpc) is 2.72. The number of aromatic nitrogens is 2. The van der Waals surface area contributed by atoms with E-state index in [1.165, 1.54) is 6.33 Å². The standard InChI is InChI=1S/C12H7ClN2O/c13-12-6-9(14-7-15-12)11-5-8-3-1-2-4-10(8)16-11/h1-7H. The van der Waals surface area contributed by atoms with Crippen molar-refractivity contribution in [2.45, 2.75) is 0 Å². The molecule has 0 saturated heterocycles. The van der Waals surface area contributed by atoms with Crippen LogP contribution in [0.5, 0.6) is 0 Å². The highest BCUT2D eigenvalue weighted by atomic mass is 35.5. The van der Waals surface area contributed by atoms with Gasteiger partial charge in [-0.25, -0.2) is 9.97 Å². The third kappa shape index (κ3) is 1.55. The number of furan rings is 1. The molecule has 0 atom stereocenters. The Balaban J connectivity index is 2.19. The molecule has 3 nitrogen and oxygen atoms in total. The van der Waals surface area contributed by atoms with Gasteiger partial charge in [-0.15, -0.1) is 0 Å². The summed E-state index contributed by atoms with van der Waals surface area (Å²) in [5.74, 6) is 0.700. The predicted octanol–water partition coefficient (Wildman–Crippen LogP) is 3.54. The number of hydrogen-bond acceptors (Lipinski definition) is 3. The van der Waals surface area contributed by atoms with Gasteiger partial charge in [0.05, 0.1) is 0 Å². The van der Waals surface area contributed by atoms with E-state index in [4.69, 9.17) is 16.0 Å². The molecular weight excluding hydrogens is 224 g/mol. The highest BCUT2D eigenvalue weighted by Crippen LogP contribution is 2.26. The number of fused-ring (bicyclic) bond motifs is 1. The highest BCUT2D eigenvalue weighted by Gasteiger charge is 2.07. The molecule has 0 amide bonds. The summed E-state index contributed by atoms with van der Waals surface area (Å²) in [7, 11) is 0. The van der Waals surface area contributed by atoms with Gasteiger partial charge in [-0.05, 0) is 12.1 Å². The molecule has 0 bridgehead atoms. The maximum absolute atomic E-state index is 5.80. The lowest BCUT2D eigenvalue weighted by molar-refractivity contribution is 0.628. The third-order valence-corrected chi connectivity index (χ3v) is 2.52. The summed E-state index contributed by atoms with van der Waals surface area (Å²) in [5, 5.41) is 1.46. The fourth-order valence-corrected chi connectivity index (χ4v) is 1.72. The molecule has 0 fully saturated rings. The smallest absolute Gasteiger partial charge is 0.153 e. The lowest BCUT2D eigenvalue weighted by atomic mass is 10.2. The number of halogens is 1. The van der Waals surface area contributed by atoms with Crippen molar-refractivity contribution >= 4 is 22.6 Å². The fraction of sp³-hybridized carbons (Fsp3) is 0. The van der Waals surface area contributed by atoms with Crippen LogP contribution in [-0.4, -0.2) is 9.97 Å². The van der Waals surface area contributed by atoms with E-state index in [1.807, 2.05) is 30.3 Å². The van der Waals surface area contributed by atoms with E-state index in [0.717, 1.165) is 11.0 Å². The Morgan fingerprint density at radius 2 is 1.94 bits per heavy atom. The SMILES string of the molecule is Clc1cc(-c2cc3ccccc3o2)ncn1. The minimum atomic E-state index is 0.408. The van der Waals surface area contributed by atoms with Crippen molar-refractivity contribution < 1.29 is 4.42 Å². The molecule has 0 aliphatic heterocycles. The molecule has 3 rings (SSSR count). The van der Waals surface area contributed by atoms with Crippen LogP contribution in [0.25, 0.3) is 22.4 Å². The van der Waals surface area contributed by atoms with E-state index >= 15 is 0 Å². The Bertz CT molecular complexity index is 615. The molecule has 2 aromatic heterocycles. The quantitative estimate of drug-likeness (QED) is 0.600. The Morgan fingerprint density at radius 1 is 1.06 bits per heavy atom. The van der Waals surface area contributed by atoms with Crippen molar-refractivity contribution in [3.8, 4) is 11.5 Å².